The maximum absolute atomic E-state index is 12.7. The smallest absolute Gasteiger partial charge is 0.411 e. The van der Waals surface area contributed by atoms with Crippen molar-refractivity contribution < 1.29 is 19.4 Å². The van der Waals surface area contributed by atoms with E-state index in [9.17, 15) is 14.7 Å². The molecule has 1 aliphatic carbocycles. The van der Waals surface area contributed by atoms with Gasteiger partial charge in [-0.25, -0.2) is 9.59 Å². The minimum atomic E-state index is -1.01. The van der Waals surface area contributed by atoms with Gasteiger partial charge in [0.05, 0.1) is 0 Å². The molecule has 1 spiro atoms. The molecule has 5 heteroatoms. The van der Waals surface area contributed by atoms with Crippen LogP contribution in [-0.4, -0.2) is 34.2 Å². The highest BCUT2D eigenvalue weighted by Crippen LogP contribution is 2.55. The average molecular weight is 331 g/mol. The van der Waals surface area contributed by atoms with Crippen molar-refractivity contribution in [3.05, 3.63) is 34.4 Å². The van der Waals surface area contributed by atoms with Crippen LogP contribution in [0.1, 0.15) is 61.9 Å². The third kappa shape index (κ3) is 2.76. The summed E-state index contributed by atoms with van der Waals surface area (Å²) >= 11 is 0. The molecule has 1 aromatic rings. The second kappa shape index (κ2) is 5.23. The molecule has 1 atom stereocenters. The van der Waals surface area contributed by atoms with Gasteiger partial charge in [-0.1, -0.05) is 17.7 Å². The molecule has 1 aliphatic heterocycles. The van der Waals surface area contributed by atoms with Gasteiger partial charge in [0, 0.05) is 12.0 Å². The van der Waals surface area contributed by atoms with Gasteiger partial charge in [0.15, 0.2) is 6.04 Å². The second-order valence-corrected chi connectivity index (χ2v) is 8.17. The zero-order valence-electron chi connectivity index (χ0n) is 15.0. The molecule has 0 saturated heterocycles. The molecule has 130 valence electrons. The Balaban J connectivity index is 2.10. The minimum Gasteiger partial charge on any atom is -0.479 e. The fourth-order valence-electron chi connectivity index (χ4n) is 3.76. The standard InChI is InChI=1S/C19H25NO4/c1-11-8-12(2)14-13(9-11)19(6-7-19)10-20(15(14)16(21)22)17(23)24-18(3,4)5/h8-9,15H,6-7,10H2,1-5H3,(H,21,22). The number of nitrogens with zero attached hydrogens (tertiary/aromatic N) is 1. The number of hydrogen-bond acceptors (Lipinski definition) is 3. The molecule has 1 fully saturated rings. The van der Waals surface area contributed by atoms with Crippen molar-refractivity contribution in [2.24, 2.45) is 0 Å². The normalized spacial score (nSPS) is 21.4. The maximum Gasteiger partial charge on any atom is 0.411 e. The largest absolute Gasteiger partial charge is 0.479 e. The summed E-state index contributed by atoms with van der Waals surface area (Å²) in [7, 11) is 0. The number of fused-ring (bicyclic) bond motifs is 2. The van der Waals surface area contributed by atoms with E-state index in [1.807, 2.05) is 19.9 Å². The SMILES string of the molecule is Cc1cc(C)c2c(c1)C1(CC1)CN(C(=O)OC(C)(C)C)C2C(=O)O. The Kier molecular flexibility index (Phi) is 3.66. The molecule has 5 nitrogen and oxygen atoms in total. The quantitative estimate of drug-likeness (QED) is 0.852. The lowest BCUT2D eigenvalue weighted by atomic mass is 9.80. The third-order valence-corrected chi connectivity index (χ3v) is 4.88. The van der Waals surface area contributed by atoms with Crippen molar-refractivity contribution >= 4 is 12.1 Å². The highest BCUT2D eigenvalue weighted by molar-refractivity contribution is 5.84. The Hall–Kier alpha value is -2.04. The fraction of sp³-hybridized carbons (Fsp3) is 0.579. The number of carboxylic acid groups (broad SMARTS) is 1. The summed E-state index contributed by atoms with van der Waals surface area (Å²) in [6.45, 7) is 9.74. The van der Waals surface area contributed by atoms with Crippen molar-refractivity contribution in [1.29, 1.82) is 0 Å². The second-order valence-electron chi connectivity index (χ2n) is 8.17. The number of aryl methyl sites for hydroxylation is 2. The predicted molar refractivity (Wildman–Crippen MR) is 90.1 cm³/mol. The minimum absolute atomic E-state index is 0.102. The van der Waals surface area contributed by atoms with Crippen LogP contribution in [0, 0.1) is 13.8 Å². The Bertz CT molecular complexity index is 713. The summed E-state index contributed by atoms with van der Waals surface area (Å²) in [5, 5.41) is 9.84. The van der Waals surface area contributed by atoms with Gasteiger partial charge in [-0.3, -0.25) is 4.90 Å². The molecule has 1 amide bonds. The number of ether oxygens (including phenoxy) is 1. The number of aliphatic carboxylic acids is 1. The zero-order chi connectivity index (χ0) is 17.9. The molecule has 1 saturated carbocycles. The molecule has 1 N–H and O–H groups in total. The third-order valence-electron chi connectivity index (χ3n) is 4.88. The molecule has 0 bridgehead atoms. The van der Waals surface area contributed by atoms with E-state index in [-0.39, 0.29) is 5.41 Å². The van der Waals surface area contributed by atoms with Gasteiger partial charge in [0.25, 0.3) is 0 Å². The number of carbonyl (C=O) groups excluding carboxylic acids is 1. The van der Waals surface area contributed by atoms with Gasteiger partial charge >= 0.3 is 12.1 Å². The van der Waals surface area contributed by atoms with E-state index in [1.54, 1.807) is 20.8 Å². The van der Waals surface area contributed by atoms with Gasteiger partial charge in [-0.15, -0.1) is 0 Å². The van der Waals surface area contributed by atoms with E-state index in [1.165, 1.54) is 4.90 Å². The summed E-state index contributed by atoms with van der Waals surface area (Å²) in [6.07, 6.45) is 1.41. The first kappa shape index (κ1) is 16.8. The van der Waals surface area contributed by atoms with Crippen LogP contribution < -0.4 is 0 Å². The van der Waals surface area contributed by atoms with Crippen molar-refractivity contribution in [2.45, 2.75) is 64.5 Å². The number of rotatable bonds is 1. The van der Waals surface area contributed by atoms with Crippen LogP contribution in [0.5, 0.6) is 0 Å². The number of benzene rings is 1. The molecule has 0 aromatic heterocycles. The average Bonchev–Trinajstić information content (AvgIpc) is 3.17. The first-order valence-corrected chi connectivity index (χ1v) is 8.38. The van der Waals surface area contributed by atoms with Crippen molar-refractivity contribution in [1.82, 2.24) is 4.90 Å². The van der Waals surface area contributed by atoms with Crippen LogP contribution in [0.3, 0.4) is 0 Å². The molecule has 3 rings (SSSR count). The van der Waals surface area contributed by atoms with Crippen LogP contribution in [0.4, 0.5) is 4.79 Å². The van der Waals surface area contributed by atoms with Gasteiger partial charge < -0.3 is 9.84 Å². The van der Waals surface area contributed by atoms with Crippen molar-refractivity contribution in [2.75, 3.05) is 6.54 Å². The zero-order valence-corrected chi connectivity index (χ0v) is 15.0. The summed E-state index contributed by atoms with van der Waals surface area (Å²) < 4.78 is 5.48. The highest BCUT2D eigenvalue weighted by Gasteiger charge is 2.55. The summed E-state index contributed by atoms with van der Waals surface area (Å²) in [5.74, 6) is -1.01. The van der Waals surface area contributed by atoms with Crippen LogP contribution >= 0.6 is 0 Å². The Morgan fingerprint density at radius 1 is 1.25 bits per heavy atom. The topological polar surface area (TPSA) is 66.8 Å². The van der Waals surface area contributed by atoms with Gasteiger partial charge in [-0.05, 0) is 64.2 Å². The fourth-order valence-corrected chi connectivity index (χ4v) is 3.76. The lowest BCUT2D eigenvalue weighted by Gasteiger charge is -2.41. The monoisotopic (exact) mass is 331 g/mol. The summed E-state index contributed by atoms with van der Waals surface area (Å²) in [5.41, 5.74) is 3.17. The number of carbonyl (C=O) groups is 2. The van der Waals surface area contributed by atoms with Gasteiger partial charge in [-0.2, -0.15) is 0 Å². The molecule has 24 heavy (non-hydrogen) atoms. The summed E-state index contributed by atoms with van der Waals surface area (Å²) in [4.78, 5) is 26.1. The van der Waals surface area contributed by atoms with Crippen molar-refractivity contribution in [3.63, 3.8) is 0 Å². The lowest BCUT2D eigenvalue weighted by Crippen LogP contribution is -2.49. The predicted octanol–water partition coefficient (Wildman–Crippen LogP) is 3.71. The lowest BCUT2D eigenvalue weighted by molar-refractivity contribution is -0.144. The molecule has 1 unspecified atom stereocenters. The van der Waals surface area contributed by atoms with Crippen LogP contribution in [-0.2, 0) is 14.9 Å². The van der Waals surface area contributed by atoms with Gasteiger partial charge in [0.2, 0.25) is 0 Å². The van der Waals surface area contributed by atoms with E-state index >= 15 is 0 Å². The van der Waals surface area contributed by atoms with E-state index < -0.39 is 23.7 Å². The summed E-state index contributed by atoms with van der Waals surface area (Å²) in [6, 6.07) is 3.10. The Labute approximate surface area is 142 Å². The van der Waals surface area contributed by atoms with Crippen molar-refractivity contribution in [3.8, 4) is 0 Å². The van der Waals surface area contributed by atoms with Crippen LogP contribution in [0.2, 0.25) is 0 Å². The van der Waals surface area contributed by atoms with E-state index in [2.05, 4.69) is 6.07 Å². The van der Waals surface area contributed by atoms with Gasteiger partial charge in [0.1, 0.15) is 5.60 Å². The molecule has 1 aromatic carbocycles. The van der Waals surface area contributed by atoms with E-state index in [0.29, 0.717) is 6.54 Å². The number of carboxylic acids is 1. The van der Waals surface area contributed by atoms with Crippen LogP contribution in [0.25, 0.3) is 0 Å². The molecular weight excluding hydrogens is 306 g/mol. The maximum atomic E-state index is 12.7. The first-order valence-electron chi connectivity index (χ1n) is 8.38. The Morgan fingerprint density at radius 3 is 2.38 bits per heavy atom. The molecule has 0 radical (unpaired) electrons. The van der Waals surface area contributed by atoms with E-state index in [4.69, 9.17) is 4.74 Å². The number of amides is 1. The first-order chi connectivity index (χ1) is 11.0. The molecular formula is C19H25NO4. The number of hydrogen-bond donors (Lipinski definition) is 1. The molecule has 2 aliphatic rings. The Morgan fingerprint density at radius 2 is 1.88 bits per heavy atom. The highest BCUT2D eigenvalue weighted by atomic mass is 16.6. The van der Waals surface area contributed by atoms with Crippen LogP contribution in [0.15, 0.2) is 12.1 Å². The van der Waals surface area contributed by atoms with E-state index in [0.717, 1.165) is 35.1 Å². The molecule has 1 heterocycles.